The number of hydrogen-bond acceptors (Lipinski definition) is 2. The van der Waals surface area contributed by atoms with Gasteiger partial charge in [0, 0.05) is 8.95 Å². The quantitative estimate of drug-likeness (QED) is 0.668. The summed E-state index contributed by atoms with van der Waals surface area (Å²) in [5.74, 6) is -1.19. The Morgan fingerprint density at radius 2 is 1.81 bits per heavy atom. The zero-order valence-corrected chi connectivity index (χ0v) is 15.2. The van der Waals surface area contributed by atoms with Crippen molar-refractivity contribution in [3.63, 3.8) is 0 Å². The standard InChI is InChI=1S/C14H18Br2N2O3/c1-4-8(3)11(13(19)20)17-14(21)18-12-9(15)5-7(2)6-10(12)16/h5-6,8,11H,4H2,1-3H3,(H,19,20)(H2,17,18,21). The van der Waals surface area contributed by atoms with Gasteiger partial charge in [0.25, 0.3) is 0 Å². The van der Waals surface area contributed by atoms with E-state index in [1.165, 1.54) is 0 Å². The summed E-state index contributed by atoms with van der Waals surface area (Å²) in [5.41, 5.74) is 1.59. The van der Waals surface area contributed by atoms with Crippen LogP contribution in [0.5, 0.6) is 0 Å². The first kappa shape index (κ1) is 18.0. The molecule has 1 rings (SSSR count). The number of rotatable bonds is 5. The molecule has 0 spiro atoms. The Kier molecular flexibility index (Phi) is 6.67. The van der Waals surface area contributed by atoms with Gasteiger partial charge in [-0.25, -0.2) is 9.59 Å². The number of anilines is 1. The number of amides is 2. The van der Waals surface area contributed by atoms with Gasteiger partial charge in [-0.05, 0) is 62.4 Å². The maximum absolute atomic E-state index is 12.0. The summed E-state index contributed by atoms with van der Waals surface area (Å²) in [4.78, 5) is 23.2. The molecule has 0 aliphatic carbocycles. The van der Waals surface area contributed by atoms with Crippen LogP contribution in [0.4, 0.5) is 10.5 Å². The van der Waals surface area contributed by atoms with Crippen molar-refractivity contribution >= 4 is 49.5 Å². The molecule has 116 valence electrons. The molecule has 1 aromatic rings. The molecular weight excluding hydrogens is 404 g/mol. The number of urea groups is 1. The first-order valence-corrected chi connectivity index (χ1v) is 8.10. The molecule has 0 aliphatic rings. The van der Waals surface area contributed by atoms with Crippen molar-refractivity contribution in [3.05, 3.63) is 26.6 Å². The molecule has 2 amide bonds. The van der Waals surface area contributed by atoms with E-state index in [1.807, 2.05) is 26.0 Å². The zero-order valence-electron chi connectivity index (χ0n) is 12.0. The van der Waals surface area contributed by atoms with Gasteiger partial charge in [0.1, 0.15) is 6.04 Å². The second kappa shape index (κ2) is 7.79. The van der Waals surface area contributed by atoms with E-state index in [1.54, 1.807) is 6.92 Å². The summed E-state index contributed by atoms with van der Waals surface area (Å²) < 4.78 is 1.44. The highest BCUT2D eigenvalue weighted by Crippen LogP contribution is 2.32. The lowest BCUT2D eigenvalue weighted by molar-refractivity contribution is -0.140. The van der Waals surface area contributed by atoms with E-state index in [0.717, 1.165) is 14.5 Å². The summed E-state index contributed by atoms with van der Waals surface area (Å²) in [6.07, 6.45) is 0.662. The van der Waals surface area contributed by atoms with Gasteiger partial charge in [0.05, 0.1) is 5.69 Å². The topological polar surface area (TPSA) is 78.4 Å². The summed E-state index contributed by atoms with van der Waals surface area (Å²) >= 11 is 6.75. The van der Waals surface area contributed by atoms with Crippen molar-refractivity contribution < 1.29 is 14.7 Å². The average Bonchev–Trinajstić information content (AvgIpc) is 2.39. The van der Waals surface area contributed by atoms with Crippen LogP contribution in [-0.4, -0.2) is 23.1 Å². The number of halogens is 2. The van der Waals surface area contributed by atoms with Crippen molar-refractivity contribution in [1.82, 2.24) is 5.32 Å². The van der Waals surface area contributed by atoms with Gasteiger partial charge in [-0.2, -0.15) is 0 Å². The van der Waals surface area contributed by atoms with Gasteiger partial charge < -0.3 is 15.7 Å². The molecule has 7 heteroatoms. The second-order valence-electron chi connectivity index (χ2n) is 4.90. The smallest absolute Gasteiger partial charge is 0.326 e. The number of benzene rings is 1. The lowest BCUT2D eigenvalue weighted by atomic mass is 9.99. The minimum atomic E-state index is -1.04. The van der Waals surface area contributed by atoms with Crippen LogP contribution in [0.2, 0.25) is 0 Å². The normalized spacial score (nSPS) is 13.4. The minimum Gasteiger partial charge on any atom is -0.480 e. The van der Waals surface area contributed by atoms with Crippen LogP contribution in [-0.2, 0) is 4.79 Å². The first-order valence-electron chi connectivity index (χ1n) is 6.52. The number of carboxylic acids is 1. The number of aliphatic carboxylic acids is 1. The molecule has 0 saturated carbocycles. The van der Waals surface area contributed by atoms with Crippen molar-refractivity contribution in [1.29, 1.82) is 0 Å². The van der Waals surface area contributed by atoms with Crippen molar-refractivity contribution in [2.45, 2.75) is 33.2 Å². The average molecular weight is 422 g/mol. The van der Waals surface area contributed by atoms with E-state index < -0.39 is 18.0 Å². The molecular formula is C14H18Br2N2O3. The van der Waals surface area contributed by atoms with E-state index in [4.69, 9.17) is 0 Å². The molecule has 2 atom stereocenters. The molecule has 0 aliphatic heterocycles. The van der Waals surface area contributed by atoms with E-state index in [-0.39, 0.29) is 5.92 Å². The molecule has 0 saturated heterocycles. The monoisotopic (exact) mass is 420 g/mol. The largest absolute Gasteiger partial charge is 0.480 e. The Balaban J connectivity index is 2.84. The maximum Gasteiger partial charge on any atom is 0.326 e. The maximum atomic E-state index is 12.0. The van der Waals surface area contributed by atoms with Gasteiger partial charge in [-0.3, -0.25) is 0 Å². The third-order valence-corrected chi connectivity index (χ3v) is 4.44. The highest BCUT2D eigenvalue weighted by molar-refractivity contribution is 9.11. The van der Waals surface area contributed by atoms with E-state index in [9.17, 15) is 14.7 Å². The van der Waals surface area contributed by atoms with Crippen LogP contribution in [0, 0.1) is 12.8 Å². The number of carbonyl (C=O) groups excluding carboxylic acids is 1. The highest BCUT2D eigenvalue weighted by atomic mass is 79.9. The Morgan fingerprint density at radius 3 is 2.24 bits per heavy atom. The summed E-state index contributed by atoms with van der Waals surface area (Å²) in [7, 11) is 0. The third-order valence-electron chi connectivity index (χ3n) is 3.19. The molecule has 0 radical (unpaired) electrons. The molecule has 0 heterocycles. The molecule has 3 N–H and O–H groups in total. The fourth-order valence-electron chi connectivity index (χ4n) is 1.79. The van der Waals surface area contributed by atoms with Crippen LogP contribution in [0.1, 0.15) is 25.8 Å². The summed E-state index contributed by atoms with van der Waals surface area (Å²) in [5, 5.41) is 14.3. The fourth-order valence-corrected chi connectivity index (χ4v) is 3.41. The van der Waals surface area contributed by atoms with E-state index in [2.05, 4.69) is 42.5 Å². The van der Waals surface area contributed by atoms with Gasteiger partial charge in [-0.1, -0.05) is 20.3 Å². The van der Waals surface area contributed by atoms with Crippen LogP contribution in [0.3, 0.4) is 0 Å². The number of hydrogen-bond donors (Lipinski definition) is 3. The fraction of sp³-hybridized carbons (Fsp3) is 0.429. The second-order valence-corrected chi connectivity index (χ2v) is 6.61. The lowest BCUT2D eigenvalue weighted by Crippen LogP contribution is -2.46. The third kappa shape index (κ3) is 5.00. The van der Waals surface area contributed by atoms with Crippen molar-refractivity contribution in [2.24, 2.45) is 5.92 Å². The molecule has 0 fully saturated rings. The molecule has 0 bridgehead atoms. The van der Waals surface area contributed by atoms with Crippen LogP contribution < -0.4 is 10.6 Å². The molecule has 21 heavy (non-hydrogen) atoms. The Bertz CT molecular complexity index is 526. The Hall–Kier alpha value is -1.08. The summed E-state index contributed by atoms with van der Waals surface area (Å²) in [6.45, 7) is 5.60. The molecule has 1 aromatic carbocycles. The number of carbonyl (C=O) groups is 2. The number of nitrogens with one attached hydrogen (secondary N) is 2. The zero-order chi connectivity index (χ0) is 16.2. The van der Waals surface area contributed by atoms with Gasteiger partial charge in [-0.15, -0.1) is 0 Å². The minimum absolute atomic E-state index is 0.154. The molecule has 0 aromatic heterocycles. The first-order chi connectivity index (χ1) is 9.76. The predicted molar refractivity (Wildman–Crippen MR) is 89.6 cm³/mol. The van der Waals surface area contributed by atoms with Crippen molar-refractivity contribution in [2.75, 3.05) is 5.32 Å². The van der Waals surface area contributed by atoms with Gasteiger partial charge in [0.2, 0.25) is 0 Å². The van der Waals surface area contributed by atoms with Gasteiger partial charge in [0.15, 0.2) is 0 Å². The van der Waals surface area contributed by atoms with Gasteiger partial charge >= 0.3 is 12.0 Å². The predicted octanol–water partition coefficient (Wildman–Crippen LogP) is 4.14. The van der Waals surface area contributed by atoms with Crippen LogP contribution in [0.15, 0.2) is 21.1 Å². The highest BCUT2D eigenvalue weighted by Gasteiger charge is 2.25. The van der Waals surface area contributed by atoms with Crippen molar-refractivity contribution in [3.8, 4) is 0 Å². The molecule has 5 nitrogen and oxygen atoms in total. The van der Waals surface area contributed by atoms with Crippen LogP contribution >= 0.6 is 31.9 Å². The Morgan fingerprint density at radius 1 is 1.29 bits per heavy atom. The van der Waals surface area contributed by atoms with Crippen LogP contribution in [0.25, 0.3) is 0 Å². The van der Waals surface area contributed by atoms with E-state index >= 15 is 0 Å². The molecule has 2 unspecified atom stereocenters. The number of carboxylic acid groups (broad SMARTS) is 1. The Labute approximate surface area is 140 Å². The number of aryl methyl sites for hydroxylation is 1. The summed E-state index contributed by atoms with van der Waals surface area (Å²) in [6, 6.07) is 2.26. The van der Waals surface area contributed by atoms with E-state index in [0.29, 0.717) is 12.1 Å². The lowest BCUT2D eigenvalue weighted by Gasteiger charge is -2.21. The SMILES string of the molecule is CCC(C)C(NC(=O)Nc1c(Br)cc(C)cc1Br)C(=O)O.